The first-order valence-electron chi connectivity index (χ1n) is 8.53. The van der Waals surface area contributed by atoms with E-state index < -0.39 is 11.7 Å². The Balaban J connectivity index is 1.52. The van der Waals surface area contributed by atoms with Crippen LogP contribution in [0.15, 0.2) is 53.2 Å². The lowest BCUT2D eigenvalue weighted by atomic mass is 9.99. The SMILES string of the molecule is O=C1C(=O)N(CN2CCc3sccc3[C@H]2c2cccs2)c2ccccc21. The van der Waals surface area contributed by atoms with Gasteiger partial charge in [0.1, 0.15) is 0 Å². The van der Waals surface area contributed by atoms with Crippen LogP contribution < -0.4 is 4.90 Å². The van der Waals surface area contributed by atoms with Crippen molar-refractivity contribution in [2.45, 2.75) is 12.5 Å². The van der Waals surface area contributed by atoms with E-state index in [1.807, 2.05) is 12.1 Å². The fourth-order valence-corrected chi connectivity index (χ4v) is 5.65. The topological polar surface area (TPSA) is 40.6 Å². The molecule has 0 spiro atoms. The number of rotatable bonds is 3. The van der Waals surface area contributed by atoms with E-state index in [0.717, 1.165) is 18.7 Å². The van der Waals surface area contributed by atoms with Crippen LogP contribution in [0.2, 0.25) is 0 Å². The fourth-order valence-electron chi connectivity index (χ4n) is 3.87. The molecule has 0 bridgehead atoms. The van der Waals surface area contributed by atoms with Crippen LogP contribution in [0.1, 0.15) is 31.7 Å². The molecule has 1 amide bonds. The third-order valence-corrected chi connectivity index (χ3v) is 7.00. The summed E-state index contributed by atoms with van der Waals surface area (Å²) >= 11 is 3.54. The van der Waals surface area contributed by atoms with E-state index in [-0.39, 0.29) is 6.04 Å². The van der Waals surface area contributed by atoms with E-state index in [1.165, 1.54) is 15.3 Å². The molecular weight excluding hydrogens is 364 g/mol. The zero-order chi connectivity index (χ0) is 17.7. The maximum atomic E-state index is 12.6. The van der Waals surface area contributed by atoms with Crippen LogP contribution in [0.25, 0.3) is 0 Å². The smallest absolute Gasteiger partial charge is 0.291 e. The first-order valence-corrected chi connectivity index (χ1v) is 10.3. The zero-order valence-corrected chi connectivity index (χ0v) is 15.6. The van der Waals surface area contributed by atoms with Gasteiger partial charge >= 0.3 is 5.91 Å². The maximum absolute atomic E-state index is 12.6. The molecule has 4 heterocycles. The number of hydrogen-bond donors (Lipinski definition) is 0. The number of anilines is 1. The third-order valence-electron chi connectivity index (χ3n) is 5.08. The molecule has 0 radical (unpaired) electrons. The number of para-hydroxylation sites is 1. The van der Waals surface area contributed by atoms with Crippen LogP contribution in [0.3, 0.4) is 0 Å². The van der Waals surface area contributed by atoms with Crippen molar-refractivity contribution >= 4 is 40.1 Å². The summed E-state index contributed by atoms with van der Waals surface area (Å²) in [6.45, 7) is 1.30. The van der Waals surface area contributed by atoms with Crippen molar-refractivity contribution in [3.8, 4) is 0 Å². The predicted molar refractivity (Wildman–Crippen MR) is 104 cm³/mol. The second kappa shape index (κ2) is 6.16. The normalized spacial score (nSPS) is 19.7. The second-order valence-corrected chi connectivity index (χ2v) is 8.48. The Morgan fingerprint density at radius 3 is 2.73 bits per heavy atom. The van der Waals surface area contributed by atoms with Crippen molar-refractivity contribution in [1.29, 1.82) is 0 Å². The van der Waals surface area contributed by atoms with Gasteiger partial charge in [-0.15, -0.1) is 22.7 Å². The van der Waals surface area contributed by atoms with Gasteiger partial charge in [0.2, 0.25) is 0 Å². The number of amides is 1. The van der Waals surface area contributed by atoms with Crippen LogP contribution >= 0.6 is 22.7 Å². The number of fused-ring (bicyclic) bond motifs is 2. The average molecular weight is 380 g/mol. The van der Waals surface area contributed by atoms with Crippen molar-refractivity contribution < 1.29 is 9.59 Å². The van der Waals surface area contributed by atoms with E-state index in [0.29, 0.717) is 12.2 Å². The highest BCUT2D eigenvalue weighted by Crippen LogP contribution is 2.40. The van der Waals surface area contributed by atoms with Gasteiger partial charge < -0.3 is 0 Å². The molecule has 0 saturated heterocycles. The molecule has 1 atom stereocenters. The molecule has 6 heteroatoms. The lowest BCUT2D eigenvalue weighted by molar-refractivity contribution is -0.114. The summed E-state index contributed by atoms with van der Waals surface area (Å²) in [5, 5.41) is 4.24. The van der Waals surface area contributed by atoms with Crippen molar-refractivity contribution in [2.24, 2.45) is 0 Å². The van der Waals surface area contributed by atoms with Gasteiger partial charge in [0.05, 0.1) is 24.0 Å². The van der Waals surface area contributed by atoms with Gasteiger partial charge in [0.15, 0.2) is 0 Å². The standard InChI is InChI=1S/C20H16N2O2S2/c23-19-13-4-1-2-5-15(13)22(20(19)24)12-21-9-7-16-14(8-11-26-16)18(21)17-6-3-10-25-17/h1-6,8,10-11,18H,7,9,12H2/t18-/m0/s1. The Labute approximate surface area is 159 Å². The molecular formula is C20H16N2O2S2. The predicted octanol–water partition coefficient (Wildman–Crippen LogP) is 3.94. The van der Waals surface area contributed by atoms with Crippen molar-refractivity contribution in [3.05, 3.63) is 74.1 Å². The van der Waals surface area contributed by atoms with Gasteiger partial charge in [-0.25, -0.2) is 0 Å². The van der Waals surface area contributed by atoms with Gasteiger partial charge in [-0.3, -0.25) is 19.4 Å². The summed E-state index contributed by atoms with van der Waals surface area (Å²) in [6.07, 6.45) is 0.979. The van der Waals surface area contributed by atoms with Gasteiger partial charge in [0.25, 0.3) is 5.78 Å². The summed E-state index contributed by atoms with van der Waals surface area (Å²) in [6, 6.07) is 13.8. The van der Waals surface area contributed by atoms with Gasteiger partial charge in [0, 0.05) is 16.3 Å². The molecule has 0 fully saturated rings. The summed E-state index contributed by atoms with van der Waals surface area (Å²) in [5.41, 5.74) is 2.57. The van der Waals surface area contributed by atoms with Crippen LogP contribution in [-0.4, -0.2) is 29.8 Å². The Morgan fingerprint density at radius 2 is 1.88 bits per heavy atom. The number of hydrogen-bond acceptors (Lipinski definition) is 5. The number of Topliss-reactive ketones (excluding diaryl/α,β-unsaturated/α-hetero) is 1. The van der Waals surface area contributed by atoms with Crippen molar-refractivity contribution in [2.75, 3.05) is 18.1 Å². The lowest BCUT2D eigenvalue weighted by Crippen LogP contribution is -2.45. The van der Waals surface area contributed by atoms with E-state index in [2.05, 4.69) is 33.9 Å². The number of nitrogens with zero attached hydrogens (tertiary/aromatic N) is 2. The Kier molecular flexibility index (Phi) is 3.77. The van der Waals surface area contributed by atoms with E-state index in [9.17, 15) is 9.59 Å². The van der Waals surface area contributed by atoms with E-state index >= 15 is 0 Å². The number of benzene rings is 1. The first kappa shape index (κ1) is 15.9. The Morgan fingerprint density at radius 1 is 1.00 bits per heavy atom. The molecule has 0 aliphatic carbocycles. The van der Waals surface area contributed by atoms with Crippen LogP contribution in [0.4, 0.5) is 5.69 Å². The van der Waals surface area contributed by atoms with Crippen LogP contribution in [0, 0.1) is 0 Å². The molecule has 1 aromatic carbocycles. The highest BCUT2D eigenvalue weighted by Gasteiger charge is 2.39. The van der Waals surface area contributed by atoms with Gasteiger partial charge in [-0.05, 0) is 47.0 Å². The van der Waals surface area contributed by atoms with Gasteiger partial charge in [-0.1, -0.05) is 18.2 Å². The molecule has 130 valence electrons. The molecule has 0 saturated carbocycles. The minimum Gasteiger partial charge on any atom is -0.291 e. The van der Waals surface area contributed by atoms with Crippen LogP contribution in [-0.2, 0) is 11.2 Å². The molecule has 4 nitrogen and oxygen atoms in total. The molecule has 3 aromatic rings. The third kappa shape index (κ3) is 2.37. The zero-order valence-electron chi connectivity index (χ0n) is 13.9. The molecule has 2 aliphatic rings. The minimum absolute atomic E-state index is 0.140. The number of carbonyl (C=O) groups excluding carboxylic acids is 2. The summed E-state index contributed by atoms with van der Waals surface area (Å²) in [7, 11) is 0. The molecule has 2 aliphatic heterocycles. The Bertz CT molecular complexity index is 993. The largest absolute Gasteiger partial charge is 0.300 e. The lowest BCUT2D eigenvalue weighted by Gasteiger charge is -2.37. The minimum atomic E-state index is -0.424. The summed E-state index contributed by atoms with van der Waals surface area (Å²) in [5.74, 6) is -0.825. The van der Waals surface area contributed by atoms with Gasteiger partial charge in [-0.2, -0.15) is 0 Å². The molecule has 0 N–H and O–H groups in total. The second-order valence-electron chi connectivity index (χ2n) is 6.50. The maximum Gasteiger partial charge on any atom is 0.300 e. The van der Waals surface area contributed by atoms with Crippen molar-refractivity contribution in [1.82, 2.24) is 4.90 Å². The number of carbonyl (C=O) groups is 2. The summed E-state index contributed by atoms with van der Waals surface area (Å²) < 4.78 is 0. The number of ketones is 1. The first-order chi connectivity index (χ1) is 12.7. The van der Waals surface area contributed by atoms with Crippen molar-refractivity contribution in [3.63, 3.8) is 0 Å². The molecule has 0 unspecified atom stereocenters. The average Bonchev–Trinajstić information content (AvgIpc) is 3.39. The highest BCUT2D eigenvalue weighted by molar-refractivity contribution is 7.10. The molecule has 26 heavy (non-hydrogen) atoms. The summed E-state index contributed by atoms with van der Waals surface area (Å²) in [4.78, 5) is 31.5. The fraction of sp³-hybridized carbons (Fsp3) is 0.200. The highest BCUT2D eigenvalue weighted by atomic mass is 32.1. The number of thiophene rings is 2. The molecule has 5 rings (SSSR count). The molecule has 2 aromatic heterocycles. The monoisotopic (exact) mass is 380 g/mol. The Hall–Kier alpha value is -2.28. The quantitative estimate of drug-likeness (QED) is 0.646. The van der Waals surface area contributed by atoms with E-state index in [4.69, 9.17) is 0 Å². The van der Waals surface area contributed by atoms with E-state index in [1.54, 1.807) is 39.7 Å². The van der Waals surface area contributed by atoms with Crippen LogP contribution in [0.5, 0.6) is 0 Å².